The quantitative estimate of drug-likeness (QED) is 0.389. The summed E-state index contributed by atoms with van der Waals surface area (Å²) >= 11 is 1.67. The van der Waals surface area contributed by atoms with Crippen LogP contribution in [0.4, 0.5) is 5.82 Å². The summed E-state index contributed by atoms with van der Waals surface area (Å²) in [6.45, 7) is 6.14. The topological polar surface area (TPSA) is 109 Å². The van der Waals surface area contributed by atoms with E-state index < -0.39 is 10.0 Å². The van der Waals surface area contributed by atoms with Crippen LogP contribution < -0.4 is 4.90 Å². The minimum Gasteiger partial charge on any atom is -0.378 e. The first-order valence-corrected chi connectivity index (χ1v) is 14.2. The van der Waals surface area contributed by atoms with Gasteiger partial charge in [-0.15, -0.1) is 11.3 Å². The number of nitrogens with zero attached hydrogens (tertiary/aromatic N) is 8. The summed E-state index contributed by atoms with van der Waals surface area (Å²) in [5.41, 5.74) is 0.832. The van der Waals surface area contributed by atoms with Gasteiger partial charge in [-0.2, -0.15) is 4.31 Å². The summed E-state index contributed by atoms with van der Waals surface area (Å²) in [6.07, 6.45) is 8.58. The van der Waals surface area contributed by atoms with Crippen molar-refractivity contribution in [3.05, 3.63) is 35.7 Å². The zero-order valence-electron chi connectivity index (χ0n) is 19.4. The Hall–Kier alpha value is -2.71. The lowest BCUT2D eigenvalue weighted by Gasteiger charge is -2.32. The molecule has 0 amide bonds. The number of imidazole rings is 1. The molecular weight excluding hydrogens is 488 g/mol. The Bertz CT molecular complexity index is 1470. The fraction of sp³-hybridized carbons (Fsp3) is 0.455. The molecule has 0 atom stereocenters. The van der Waals surface area contributed by atoms with Gasteiger partial charge in [0.05, 0.1) is 30.4 Å². The van der Waals surface area contributed by atoms with Gasteiger partial charge in [-0.05, 0) is 6.07 Å². The van der Waals surface area contributed by atoms with Crippen molar-refractivity contribution in [1.29, 1.82) is 0 Å². The van der Waals surface area contributed by atoms with Crippen LogP contribution in [-0.4, -0.2) is 101 Å². The number of rotatable bonds is 5. The van der Waals surface area contributed by atoms with E-state index in [0.29, 0.717) is 51.0 Å². The standard InChI is InChI=1S/C22H26N8O3S2/c1-35(31,32)30-6-4-27(5-7-30)15-17-12-18-20(28-8-10-33-11-9-28)25-19(26-21(18)34-17)16-13-24-22-23-2-3-29(22)14-16/h2-3,12-14H,4-11,15H2,1H3. The lowest BCUT2D eigenvalue weighted by molar-refractivity contribution is 0.122. The molecule has 0 saturated carbocycles. The largest absolute Gasteiger partial charge is 0.378 e. The zero-order valence-corrected chi connectivity index (χ0v) is 21.0. The number of morpholine rings is 1. The third-order valence-electron chi connectivity index (χ3n) is 6.42. The predicted octanol–water partition coefficient (Wildman–Crippen LogP) is 1.31. The molecule has 0 unspecified atom stereocenters. The van der Waals surface area contributed by atoms with Crippen molar-refractivity contribution in [3.8, 4) is 11.4 Å². The number of thiophene rings is 1. The highest BCUT2D eigenvalue weighted by molar-refractivity contribution is 7.88. The molecule has 2 aliphatic rings. The molecule has 11 nitrogen and oxygen atoms in total. The maximum Gasteiger partial charge on any atom is 0.233 e. The van der Waals surface area contributed by atoms with Gasteiger partial charge in [0.25, 0.3) is 0 Å². The molecule has 184 valence electrons. The molecular formula is C22H26N8O3S2. The highest BCUT2D eigenvalue weighted by atomic mass is 32.2. The first-order valence-electron chi connectivity index (χ1n) is 11.5. The number of piperazine rings is 1. The second-order valence-electron chi connectivity index (χ2n) is 8.82. The molecule has 13 heteroatoms. The molecule has 2 fully saturated rings. The van der Waals surface area contributed by atoms with Gasteiger partial charge in [-0.25, -0.2) is 28.4 Å². The molecule has 0 N–H and O–H groups in total. The number of ether oxygens (including phenoxy) is 1. The summed E-state index contributed by atoms with van der Waals surface area (Å²) < 4.78 is 32.7. The lowest BCUT2D eigenvalue weighted by Crippen LogP contribution is -2.47. The van der Waals surface area contributed by atoms with Crippen LogP contribution in [-0.2, 0) is 21.3 Å². The van der Waals surface area contributed by atoms with Gasteiger partial charge in [0.2, 0.25) is 15.8 Å². The Morgan fingerprint density at radius 3 is 2.63 bits per heavy atom. The van der Waals surface area contributed by atoms with Crippen molar-refractivity contribution in [1.82, 2.24) is 33.5 Å². The monoisotopic (exact) mass is 514 g/mol. The third kappa shape index (κ3) is 4.61. The van der Waals surface area contributed by atoms with Crippen molar-refractivity contribution in [2.45, 2.75) is 6.54 Å². The van der Waals surface area contributed by atoms with Gasteiger partial charge in [0.15, 0.2) is 5.82 Å². The van der Waals surface area contributed by atoms with E-state index in [-0.39, 0.29) is 0 Å². The van der Waals surface area contributed by atoms with E-state index in [1.54, 1.807) is 28.0 Å². The number of aromatic nitrogens is 5. The van der Waals surface area contributed by atoms with Gasteiger partial charge >= 0.3 is 0 Å². The summed E-state index contributed by atoms with van der Waals surface area (Å²) in [7, 11) is -3.14. The highest BCUT2D eigenvalue weighted by Crippen LogP contribution is 2.34. The lowest BCUT2D eigenvalue weighted by atomic mass is 10.2. The fourth-order valence-electron chi connectivity index (χ4n) is 4.55. The van der Waals surface area contributed by atoms with Crippen LogP contribution in [0.25, 0.3) is 27.4 Å². The van der Waals surface area contributed by atoms with Crippen LogP contribution in [0, 0.1) is 0 Å². The fourth-order valence-corrected chi connectivity index (χ4v) is 6.44. The van der Waals surface area contributed by atoms with Crippen molar-refractivity contribution < 1.29 is 13.2 Å². The van der Waals surface area contributed by atoms with Crippen LogP contribution in [0.3, 0.4) is 0 Å². The highest BCUT2D eigenvalue weighted by Gasteiger charge is 2.25. The minimum atomic E-state index is -3.14. The molecule has 35 heavy (non-hydrogen) atoms. The van der Waals surface area contributed by atoms with E-state index in [1.807, 2.05) is 16.8 Å². The van der Waals surface area contributed by atoms with Gasteiger partial charge in [0.1, 0.15) is 10.6 Å². The molecule has 0 bridgehead atoms. The van der Waals surface area contributed by atoms with E-state index in [2.05, 4.69) is 25.8 Å². The van der Waals surface area contributed by atoms with E-state index >= 15 is 0 Å². The van der Waals surface area contributed by atoms with E-state index in [0.717, 1.165) is 41.2 Å². The second-order valence-corrected chi connectivity index (χ2v) is 11.9. The predicted molar refractivity (Wildman–Crippen MR) is 134 cm³/mol. The maximum absolute atomic E-state index is 11.8. The second kappa shape index (κ2) is 9.06. The van der Waals surface area contributed by atoms with E-state index in [9.17, 15) is 8.42 Å². The van der Waals surface area contributed by atoms with Crippen LogP contribution in [0.15, 0.2) is 30.9 Å². The molecule has 4 aromatic rings. The van der Waals surface area contributed by atoms with Crippen molar-refractivity contribution in [3.63, 3.8) is 0 Å². The summed E-state index contributed by atoms with van der Waals surface area (Å²) in [4.78, 5) is 25.3. The molecule has 0 radical (unpaired) electrons. The molecule has 0 aliphatic carbocycles. The van der Waals surface area contributed by atoms with Gasteiger partial charge in [-0.1, -0.05) is 0 Å². The Morgan fingerprint density at radius 1 is 1.06 bits per heavy atom. The van der Waals surface area contributed by atoms with Gasteiger partial charge in [0, 0.05) is 75.5 Å². The zero-order chi connectivity index (χ0) is 24.0. The third-order valence-corrected chi connectivity index (χ3v) is 8.73. The molecule has 4 aromatic heterocycles. The van der Waals surface area contributed by atoms with Crippen LogP contribution >= 0.6 is 11.3 Å². The Labute approximate surface area is 207 Å². The first-order chi connectivity index (χ1) is 16.9. The van der Waals surface area contributed by atoms with Crippen LogP contribution in [0.2, 0.25) is 0 Å². The number of fused-ring (bicyclic) bond motifs is 2. The van der Waals surface area contributed by atoms with Gasteiger partial charge < -0.3 is 9.64 Å². The van der Waals surface area contributed by atoms with Crippen LogP contribution in [0.1, 0.15) is 4.88 Å². The summed E-state index contributed by atoms with van der Waals surface area (Å²) in [5.74, 6) is 2.19. The molecule has 2 saturated heterocycles. The average molecular weight is 515 g/mol. The minimum absolute atomic E-state index is 0.524. The summed E-state index contributed by atoms with van der Waals surface area (Å²) in [6, 6.07) is 2.19. The number of hydrogen-bond acceptors (Lipinski definition) is 10. The molecule has 6 rings (SSSR count). The normalized spacial score (nSPS) is 18.6. The van der Waals surface area contributed by atoms with Crippen LogP contribution in [0.5, 0.6) is 0 Å². The van der Waals surface area contributed by atoms with Crippen molar-refractivity contribution in [2.24, 2.45) is 0 Å². The smallest absolute Gasteiger partial charge is 0.233 e. The van der Waals surface area contributed by atoms with Crippen molar-refractivity contribution >= 4 is 43.2 Å². The number of sulfonamides is 1. The summed E-state index contributed by atoms with van der Waals surface area (Å²) in [5, 5.41) is 1.04. The average Bonchev–Trinajstić information content (AvgIpc) is 3.49. The molecule has 0 aromatic carbocycles. The molecule has 6 heterocycles. The Balaban J connectivity index is 1.33. The molecule has 2 aliphatic heterocycles. The van der Waals surface area contributed by atoms with E-state index in [1.165, 1.54) is 11.1 Å². The number of hydrogen-bond donors (Lipinski definition) is 0. The number of anilines is 1. The Kier molecular flexibility index (Phi) is 5.89. The maximum atomic E-state index is 11.8. The van der Waals surface area contributed by atoms with Crippen molar-refractivity contribution in [2.75, 3.05) is 63.6 Å². The SMILES string of the molecule is CS(=O)(=O)N1CCN(Cc2cc3c(N4CCOCC4)nc(-c4cnc5nccn5c4)nc3s2)CC1. The van der Waals surface area contributed by atoms with Gasteiger partial charge in [-0.3, -0.25) is 9.30 Å². The molecule has 0 spiro atoms. The first kappa shape index (κ1) is 22.7. The Morgan fingerprint density at radius 2 is 1.86 bits per heavy atom. The van der Waals surface area contributed by atoms with E-state index in [4.69, 9.17) is 14.7 Å².